The van der Waals surface area contributed by atoms with Crippen LogP contribution in [0.1, 0.15) is 31.2 Å². The third kappa shape index (κ3) is 2.78. The minimum atomic E-state index is -0.431. The van der Waals surface area contributed by atoms with Gasteiger partial charge in [0.05, 0.1) is 13.2 Å². The van der Waals surface area contributed by atoms with Gasteiger partial charge in [0.25, 0.3) is 0 Å². The molecule has 1 unspecified atom stereocenters. The Bertz CT molecular complexity index is 372. The highest BCUT2D eigenvalue weighted by Crippen LogP contribution is 2.30. The highest BCUT2D eigenvalue weighted by atomic mass is 19.1. The number of aliphatic hydroxyl groups excluding tert-OH is 1. The first kappa shape index (κ1) is 12.4. The zero-order valence-corrected chi connectivity index (χ0v) is 10.2. The molecule has 3 heteroatoms. The summed E-state index contributed by atoms with van der Waals surface area (Å²) in [6.07, 6.45) is 4.44. The Balaban J connectivity index is 2.07. The number of methoxy groups -OCH3 is 1. The standard InChI is InChI=1S/C14H19FO2/c1-17-13-8-4-7-11(14(13)15)9-12(16)10-5-2-3-6-10/h4,7-8,10,12,16H,2-3,5-6,9H2,1H3. The molecular weight excluding hydrogens is 219 g/mol. The van der Waals surface area contributed by atoms with Crippen LogP contribution in [-0.4, -0.2) is 18.3 Å². The van der Waals surface area contributed by atoms with Gasteiger partial charge in [-0.05, 0) is 30.4 Å². The van der Waals surface area contributed by atoms with Gasteiger partial charge in [0.15, 0.2) is 11.6 Å². The van der Waals surface area contributed by atoms with E-state index in [1.807, 2.05) is 0 Å². The number of benzene rings is 1. The molecule has 1 aliphatic carbocycles. The van der Waals surface area contributed by atoms with E-state index < -0.39 is 6.10 Å². The number of halogens is 1. The summed E-state index contributed by atoms with van der Waals surface area (Å²) in [4.78, 5) is 0. The number of ether oxygens (including phenoxy) is 1. The quantitative estimate of drug-likeness (QED) is 0.874. The molecule has 0 spiro atoms. The van der Waals surface area contributed by atoms with E-state index in [0.29, 0.717) is 17.9 Å². The first-order valence-corrected chi connectivity index (χ1v) is 6.22. The van der Waals surface area contributed by atoms with Crippen LogP contribution in [0.3, 0.4) is 0 Å². The van der Waals surface area contributed by atoms with Crippen molar-refractivity contribution in [3.63, 3.8) is 0 Å². The second kappa shape index (κ2) is 5.50. The summed E-state index contributed by atoms with van der Waals surface area (Å²) in [6, 6.07) is 5.08. The van der Waals surface area contributed by atoms with Crippen LogP contribution in [0.5, 0.6) is 5.75 Å². The van der Waals surface area contributed by atoms with Gasteiger partial charge in [-0.2, -0.15) is 0 Å². The second-order valence-electron chi connectivity index (χ2n) is 4.75. The van der Waals surface area contributed by atoms with E-state index in [1.54, 1.807) is 18.2 Å². The van der Waals surface area contributed by atoms with Crippen molar-refractivity contribution < 1.29 is 14.2 Å². The average Bonchev–Trinajstić information content (AvgIpc) is 2.85. The topological polar surface area (TPSA) is 29.5 Å². The third-order valence-electron chi connectivity index (χ3n) is 3.64. The fraction of sp³-hybridized carbons (Fsp3) is 0.571. The number of hydrogen-bond acceptors (Lipinski definition) is 2. The predicted octanol–water partition coefficient (Wildman–Crippen LogP) is 2.93. The highest BCUT2D eigenvalue weighted by Gasteiger charge is 2.24. The summed E-state index contributed by atoms with van der Waals surface area (Å²) < 4.78 is 18.8. The van der Waals surface area contributed by atoms with Crippen molar-refractivity contribution in [2.24, 2.45) is 5.92 Å². The van der Waals surface area contributed by atoms with Crippen LogP contribution < -0.4 is 4.74 Å². The van der Waals surface area contributed by atoms with Crippen molar-refractivity contribution in [3.05, 3.63) is 29.6 Å². The molecule has 0 heterocycles. The Hall–Kier alpha value is -1.09. The lowest BCUT2D eigenvalue weighted by Crippen LogP contribution is -2.21. The minimum Gasteiger partial charge on any atom is -0.494 e. The number of rotatable bonds is 4. The first-order valence-electron chi connectivity index (χ1n) is 6.22. The molecule has 0 radical (unpaired) electrons. The molecule has 0 amide bonds. The van der Waals surface area contributed by atoms with Crippen LogP contribution in [0.15, 0.2) is 18.2 Å². The van der Waals surface area contributed by atoms with Gasteiger partial charge in [-0.3, -0.25) is 0 Å². The van der Waals surface area contributed by atoms with Crippen LogP contribution in [0, 0.1) is 11.7 Å². The molecule has 94 valence electrons. The van der Waals surface area contributed by atoms with Crippen molar-refractivity contribution in [2.45, 2.75) is 38.2 Å². The fourth-order valence-electron chi connectivity index (χ4n) is 2.61. The van der Waals surface area contributed by atoms with Crippen molar-refractivity contribution in [1.82, 2.24) is 0 Å². The maximum absolute atomic E-state index is 13.9. The van der Waals surface area contributed by atoms with Gasteiger partial charge < -0.3 is 9.84 Å². The molecule has 0 aromatic heterocycles. The first-order chi connectivity index (χ1) is 8.22. The third-order valence-corrected chi connectivity index (χ3v) is 3.64. The lowest BCUT2D eigenvalue weighted by molar-refractivity contribution is 0.110. The van der Waals surface area contributed by atoms with E-state index in [1.165, 1.54) is 20.0 Å². The molecule has 1 aliphatic rings. The molecule has 2 rings (SSSR count). The molecule has 0 saturated heterocycles. The Labute approximate surface area is 101 Å². The SMILES string of the molecule is COc1cccc(CC(O)C2CCCC2)c1F. The fourth-order valence-corrected chi connectivity index (χ4v) is 2.61. The number of aliphatic hydroxyl groups is 1. The van der Waals surface area contributed by atoms with Gasteiger partial charge in [0, 0.05) is 6.42 Å². The van der Waals surface area contributed by atoms with Gasteiger partial charge in [0.2, 0.25) is 0 Å². The molecular formula is C14H19FO2. The van der Waals surface area contributed by atoms with Gasteiger partial charge >= 0.3 is 0 Å². The zero-order valence-electron chi connectivity index (χ0n) is 10.2. The Morgan fingerprint density at radius 1 is 1.41 bits per heavy atom. The van der Waals surface area contributed by atoms with Crippen LogP contribution in [0.4, 0.5) is 4.39 Å². The molecule has 0 aliphatic heterocycles. The normalized spacial score (nSPS) is 18.3. The zero-order chi connectivity index (χ0) is 12.3. The summed E-state index contributed by atoms with van der Waals surface area (Å²) in [6.45, 7) is 0. The summed E-state index contributed by atoms with van der Waals surface area (Å²) >= 11 is 0. The minimum absolute atomic E-state index is 0.251. The molecule has 1 atom stereocenters. The van der Waals surface area contributed by atoms with E-state index >= 15 is 0 Å². The summed E-state index contributed by atoms with van der Waals surface area (Å²) in [5.74, 6) is 0.244. The van der Waals surface area contributed by atoms with Crippen LogP contribution in [0.2, 0.25) is 0 Å². The van der Waals surface area contributed by atoms with Gasteiger partial charge in [0.1, 0.15) is 0 Å². The Morgan fingerprint density at radius 2 is 2.12 bits per heavy atom. The van der Waals surface area contributed by atoms with Crippen LogP contribution in [-0.2, 0) is 6.42 Å². The lowest BCUT2D eigenvalue weighted by Gasteiger charge is -2.18. The Kier molecular flexibility index (Phi) is 4.00. The molecule has 17 heavy (non-hydrogen) atoms. The number of hydrogen-bond donors (Lipinski definition) is 1. The van der Waals surface area contributed by atoms with Crippen molar-refractivity contribution in [1.29, 1.82) is 0 Å². The highest BCUT2D eigenvalue weighted by molar-refractivity contribution is 5.31. The molecule has 1 aromatic rings. The molecule has 2 nitrogen and oxygen atoms in total. The molecule has 0 bridgehead atoms. The van der Waals surface area contributed by atoms with Crippen molar-refractivity contribution in [3.8, 4) is 5.75 Å². The summed E-state index contributed by atoms with van der Waals surface area (Å²) in [5, 5.41) is 10.1. The average molecular weight is 238 g/mol. The van der Waals surface area contributed by atoms with Crippen LogP contribution in [0.25, 0.3) is 0 Å². The van der Waals surface area contributed by atoms with E-state index in [9.17, 15) is 9.50 Å². The van der Waals surface area contributed by atoms with E-state index in [-0.39, 0.29) is 11.6 Å². The molecule has 1 N–H and O–H groups in total. The summed E-state index contributed by atoms with van der Waals surface area (Å²) in [5.41, 5.74) is 0.545. The Morgan fingerprint density at radius 3 is 2.76 bits per heavy atom. The molecule has 1 saturated carbocycles. The van der Waals surface area contributed by atoms with E-state index in [0.717, 1.165) is 12.8 Å². The van der Waals surface area contributed by atoms with E-state index in [2.05, 4.69) is 0 Å². The maximum atomic E-state index is 13.9. The van der Waals surface area contributed by atoms with Crippen LogP contribution >= 0.6 is 0 Å². The summed E-state index contributed by atoms with van der Waals surface area (Å²) in [7, 11) is 1.45. The van der Waals surface area contributed by atoms with Crippen molar-refractivity contribution in [2.75, 3.05) is 7.11 Å². The lowest BCUT2D eigenvalue weighted by atomic mass is 9.94. The largest absolute Gasteiger partial charge is 0.494 e. The second-order valence-corrected chi connectivity index (χ2v) is 4.75. The van der Waals surface area contributed by atoms with Gasteiger partial charge in [-0.1, -0.05) is 25.0 Å². The monoisotopic (exact) mass is 238 g/mol. The smallest absolute Gasteiger partial charge is 0.168 e. The van der Waals surface area contributed by atoms with E-state index in [4.69, 9.17) is 4.74 Å². The van der Waals surface area contributed by atoms with Crippen molar-refractivity contribution >= 4 is 0 Å². The molecule has 1 aromatic carbocycles. The van der Waals surface area contributed by atoms with Gasteiger partial charge in [-0.15, -0.1) is 0 Å². The maximum Gasteiger partial charge on any atom is 0.168 e. The molecule has 1 fully saturated rings. The predicted molar refractivity (Wildman–Crippen MR) is 64.6 cm³/mol. The van der Waals surface area contributed by atoms with Gasteiger partial charge in [-0.25, -0.2) is 4.39 Å².